The van der Waals surface area contributed by atoms with Crippen molar-refractivity contribution < 1.29 is 5.11 Å². The SMILES string of the molecule is CC(C)n1ncc(Cl)c1C(C)(O)C1CCCNC1. The Morgan fingerprint density at radius 1 is 1.61 bits per heavy atom. The maximum atomic E-state index is 10.9. The molecule has 0 bridgehead atoms. The largest absolute Gasteiger partial charge is 0.383 e. The first-order valence-corrected chi connectivity index (χ1v) is 6.99. The molecule has 2 unspecified atom stereocenters. The van der Waals surface area contributed by atoms with Gasteiger partial charge in [-0.2, -0.15) is 5.10 Å². The number of piperidine rings is 1. The van der Waals surface area contributed by atoms with Crippen LogP contribution in [0, 0.1) is 5.92 Å². The molecule has 0 aliphatic carbocycles. The van der Waals surface area contributed by atoms with Gasteiger partial charge in [0.15, 0.2) is 0 Å². The highest BCUT2D eigenvalue weighted by Gasteiger charge is 2.39. The minimum absolute atomic E-state index is 0.179. The summed E-state index contributed by atoms with van der Waals surface area (Å²) in [7, 11) is 0. The second kappa shape index (κ2) is 5.19. The molecule has 2 atom stereocenters. The van der Waals surface area contributed by atoms with E-state index < -0.39 is 5.60 Å². The molecule has 1 aliphatic rings. The van der Waals surface area contributed by atoms with Crippen molar-refractivity contribution in [3.05, 3.63) is 16.9 Å². The third-order valence-electron chi connectivity index (χ3n) is 3.81. The van der Waals surface area contributed by atoms with Crippen molar-refractivity contribution in [1.29, 1.82) is 0 Å². The van der Waals surface area contributed by atoms with Gasteiger partial charge in [0.2, 0.25) is 0 Å². The van der Waals surface area contributed by atoms with Crippen LogP contribution in [0.1, 0.15) is 45.3 Å². The Labute approximate surface area is 113 Å². The van der Waals surface area contributed by atoms with Crippen LogP contribution in [0.15, 0.2) is 6.20 Å². The van der Waals surface area contributed by atoms with E-state index in [-0.39, 0.29) is 12.0 Å². The van der Waals surface area contributed by atoms with Gasteiger partial charge in [-0.3, -0.25) is 4.68 Å². The van der Waals surface area contributed by atoms with Crippen LogP contribution in [-0.2, 0) is 5.60 Å². The second-order valence-electron chi connectivity index (χ2n) is 5.57. The van der Waals surface area contributed by atoms with E-state index in [1.54, 1.807) is 6.20 Å². The molecule has 2 N–H and O–H groups in total. The zero-order valence-electron chi connectivity index (χ0n) is 11.3. The Kier molecular flexibility index (Phi) is 3.99. The third-order valence-corrected chi connectivity index (χ3v) is 4.09. The van der Waals surface area contributed by atoms with Gasteiger partial charge < -0.3 is 10.4 Å². The van der Waals surface area contributed by atoms with E-state index in [0.717, 1.165) is 31.6 Å². The van der Waals surface area contributed by atoms with Crippen LogP contribution in [0.5, 0.6) is 0 Å². The molecular formula is C13H22ClN3O. The van der Waals surface area contributed by atoms with Crippen molar-refractivity contribution in [2.45, 2.75) is 45.3 Å². The van der Waals surface area contributed by atoms with Crippen LogP contribution in [0.25, 0.3) is 0 Å². The lowest BCUT2D eigenvalue weighted by atomic mass is 9.81. The van der Waals surface area contributed by atoms with Gasteiger partial charge in [0.1, 0.15) is 5.60 Å². The summed E-state index contributed by atoms with van der Waals surface area (Å²) in [5, 5.41) is 19.1. The number of hydrogen-bond donors (Lipinski definition) is 2. The molecular weight excluding hydrogens is 250 g/mol. The van der Waals surface area contributed by atoms with Crippen molar-refractivity contribution in [2.75, 3.05) is 13.1 Å². The molecule has 102 valence electrons. The number of aliphatic hydroxyl groups is 1. The lowest BCUT2D eigenvalue weighted by molar-refractivity contribution is -0.0239. The van der Waals surface area contributed by atoms with Gasteiger partial charge in [-0.1, -0.05) is 11.6 Å². The summed E-state index contributed by atoms with van der Waals surface area (Å²) < 4.78 is 1.83. The molecule has 2 rings (SSSR count). The van der Waals surface area contributed by atoms with Crippen molar-refractivity contribution in [2.24, 2.45) is 5.92 Å². The first-order valence-electron chi connectivity index (χ1n) is 6.61. The summed E-state index contributed by atoms with van der Waals surface area (Å²) in [6.07, 6.45) is 3.73. The predicted octanol–water partition coefficient (Wildman–Crippen LogP) is 2.32. The average Bonchev–Trinajstić information content (AvgIpc) is 2.73. The van der Waals surface area contributed by atoms with E-state index in [0.29, 0.717) is 5.02 Å². The number of aromatic nitrogens is 2. The Balaban J connectivity index is 2.36. The van der Waals surface area contributed by atoms with E-state index in [1.165, 1.54) is 0 Å². The maximum absolute atomic E-state index is 10.9. The Morgan fingerprint density at radius 3 is 2.89 bits per heavy atom. The smallest absolute Gasteiger partial charge is 0.109 e. The van der Waals surface area contributed by atoms with Crippen LogP contribution < -0.4 is 5.32 Å². The zero-order chi connectivity index (χ0) is 13.3. The molecule has 0 radical (unpaired) electrons. The maximum Gasteiger partial charge on any atom is 0.109 e. The summed E-state index contributed by atoms with van der Waals surface area (Å²) in [5.74, 6) is 0.179. The molecule has 18 heavy (non-hydrogen) atoms. The molecule has 1 fully saturated rings. The topological polar surface area (TPSA) is 50.1 Å². The molecule has 0 spiro atoms. The summed E-state index contributed by atoms with van der Waals surface area (Å²) in [5.41, 5.74) is -0.196. The molecule has 0 aromatic carbocycles. The fraction of sp³-hybridized carbons (Fsp3) is 0.769. The van der Waals surface area contributed by atoms with Gasteiger partial charge in [0.05, 0.1) is 16.9 Å². The molecule has 0 amide bonds. The lowest BCUT2D eigenvalue weighted by Crippen LogP contribution is -2.43. The number of nitrogens with one attached hydrogen (secondary N) is 1. The monoisotopic (exact) mass is 271 g/mol. The fourth-order valence-electron chi connectivity index (χ4n) is 2.73. The van der Waals surface area contributed by atoms with Crippen LogP contribution in [0.3, 0.4) is 0 Å². The van der Waals surface area contributed by atoms with Gasteiger partial charge in [-0.15, -0.1) is 0 Å². The predicted molar refractivity (Wildman–Crippen MR) is 72.8 cm³/mol. The first-order chi connectivity index (χ1) is 8.44. The van der Waals surface area contributed by atoms with E-state index in [2.05, 4.69) is 10.4 Å². The molecule has 1 aromatic rings. The van der Waals surface area contributed by atoms with E-state index >= 15 is 0 Å². The second-order valence-corrected chi connectivity index (χ2v) is 5.98. The number of rotatable bonds is 3. The van der Waals surface area contributed by atoms with Crippen molar-refractivity contribution in [1.82, 2.24) is 15.1 Å². The molecule has 4 nitrogen and oxygen atoms in total. The van der Waals surface area contributed by atoms with E-state index in [4.69, 9.17) is 11.6 Å². The van der Waals surface area contributed by atoms with Crippen LogP contribution in [-0.4, -0.2) is 28.0 Å². The van der Waals surface area contributed by atoms with Gasteiger partial charge in [0.25, 0.3) is 0 Å². The van der Waals surface area contributed by atoms with Crippen molar-refractivity contribution in [3.63, 3.8) is 0 Å². The molecule has 5 heteroatoms. The minimum atomic E-state index is -0.939. The van der Waals surface area contributed by atoms with Gasteiger partial charge in [-0.05, 0) is 40.2 Å². The Hall–Kier alpha value is -0.580. The van der Waals surface area contributed by atoms with E-state index in [9.17, 15) is 5.11 Å². The van der Waals surface area contributed by atoms with Gasteiger partial charge >= 0.3 is 0 Å². The molecule has 0 saturated carbocycles. The molecule has 1 saturated heterocycles. The number of halogens is 1. The van der Waals surface area contributed by atoms with Crippen molar-refractivity contribution >= 4 is 11.6 Å². The van der Waals surface area contributed by atoms with Crippen molar-refractivity contribution in [3.8, 4) is 0 Å². The standard InChI is InChI=1S/C13H22ClN3O/c1-9(2)17-12(11(14)8-16-17)13(3,18)10-5-4-6-15-7-10/h8-10,15,18H,4-7H2,1-3H3. The minimum Gasteiger partial charge on any atom is -0.383 e. The molecule has 1 aliphatic heterocycles. The van der Waals surface area contributed by atoms with Crippen LogP contribution >= 0.6 is 11.6 Å². The Bertz CT molecular complexity index is 408. The summed E-state index contributed by atoms with van der Waals surface area (Å²) in [6.45, 7) is 7.80. The third kappa shape index (κ3) is 2.42. The summed E-state index contributed by atoms with van der Waals surface area (Å²) in [6, 6.07) is 0.190. The summed E-state index contributed by atoms with van der Waals surface area (Å²) >= 11 is 6.23. The quantitative estimate of drug-likeness (QED) is 0.887. The summed E-state index contributed by atoms with van der Waals surface area (Å²) in [4.78, 5) is 0. The Morgan fingerprint density at radius 2 is 2.33 bits per heavy atom. The fourth-order valence-corrected chi connectivity index (χ4v) is 3.05. The van der Waals surface area contributed by atoms with Crippen LogP contribution in [0.4, 0.5) is 0 Å². The zero-order valence-corrected chi connectivity index (χ0v) is 12.0. The van der Waals surface area contributed by atoms with Gasteiger partial charge in [-0.25, -0.2) is 0 Å². The van der Waals surface area contributed by atoms with E-state index in [1.807, 2.05) is 25.5 Å². The normalized spacial score (nSPS) is 24.2. The lowest BCUT2D eigenvalue weighted by Gasteiger charge is -2.37. The number of nitrogens with zero attached hydrogens (tertiary/aromatic N) is 2. The van der Waals surface area contributed by atoms with Crippen LogP contribution in [0.2, 0.25) is 5.02 Å². The van der Waals surface area contributed by atoms with Gasteiger partial charge in [0, 0.05) is 18.5 Å². The first kappa shape index (κ1) is 13.8. The number of hydrogen-bond acceptors (Lipinski definition) is 3. The highest BCUT2D eigenvalue weighted by molar-refractivity contribution is 6.31. The highest BCUT2D eigenvalue weighted by atomic mass is 35.5. The molecule has 1 aromatic heterocycles. The average molecular weight is 272 g/mol. The highest BCUT2D eigenvalue weighted by Crippen LogP contribution is 2.38. The molecule has 2 heterocycles.